The molecule has 4 saturated carbocycles. The van der Waals surface area contributed by atoms with Gasteiger partial charge in [0.2, 0.25) is 0 Å². The van der Waals surface area contributed by atoms with Crippen LogP contribution in [0.15, 0.2) is 0 Å². The topological polar surface area (TPSA) is 17.1 Å². The van der Waals surface area contributed by atoms with Gasteiger partial charge in [-0.1, -0.05) is 60.3 Å². The van der Waals surface area contributed by atoms with Crippen LogP contribution in [0.25, 0.3) is 0 Å². The fourth-order valence-corrected chi connectivity index (χ4v) is 9.33. The third-order valence-electron chi connectivity index (χ3n) is 10.9. The molecule has 0 heterocycles. The first-order chi connectivity index (χ1) is 15.7. The average molecular weight is 624 g/mol. The van der Waals surface area contributed by atoms with Crippen molar-refractivity contribution in [3.05, 3.63) is 6.90 Å². The minimum atomic E-state index is -3.13. The first kappa shape index (κ1) is 27.6. The standard InChI is InChI=1S/C27H45O.4ClH.Mo/c1-18(2)8-7-9-19(3)22-10-11-23-21-16-27(17-28)20(4)12-15-26(27,6)24(21)13-14-25(22,23)5;;;;;/h17-24H,4,7-16H2,1-3,5-6H3;4*1H;/q-1;;;;;+4/p-4/t19-,20+,21+,22-,23+,24+,25-,26-,27+;;;;;/m1...../s1/i4D;;;;;. The number of aldehydes is 1. The molecular weight excluding hydrogens is 578 g/mol. The van der Waals surface area contributed by atoms with Gasteiger partial charge in [-0.05, 0) is 84.9 Å². The monoisotopic (exact) mass is 624 g/mol. The zero-order valence-electron chi connectivity index (χ0n) is 22.1. The molecule has 0 aromatic heterocycles. The molecule has 0 bridgehead atoms. The van der Waals surface area contributed by atoms with E-state index in [2.05, 4.69) is 34.6 Å². The summed E-state index contributed by atoms with van der Waals surface area (Å²) in [6.07, 6.45) is 14.3. The molecule has 4 aliphatic rings. The van der Waals surface area contributed by atoms with E-state index in [1.165, 1.54) is 51.2 Å². The number of halogens is 4. The van der Waals surface area contributed by atoms with Gasteiger partial charge in [-0.3, -0.25) is 0 Å². The third-order valence-corrected chi connectivity index (χ3v) is 10.9. The van der Waals surface area contributed by atoms with Crippen LogP contribution in [0.4, 0.5) is 0 Å². The van der Waals surface area contributed by atoms with E-state index in [0.29, 0.717) is 11.3 Å². The summed E-state index contributed by atoms with van der Waals surface area (Å²) in [5, 5.41) is 0. The second-order valence-corrected chi connectivity index (χ2v) is 31.0. The van der Waals surface area contributed by atoms with Crippen molar-refractivity contribution in [3.63, 3.8) is 0 Å². The van der Waals surface area contributed by atoms with Crippen molar-refractivity contribution in [3.8, 4) is 0 Å². The van der Waals surface area contributed by atoms with Crippen molar-refractivity contribution in [2.24, 2.45) is 57.7 Å². The Hall–Kier alpha value is 1.52. The van der Waals surface area contributed by atoms with Crippen molar-refractivity contribution in [1.82, 2.24) is 0 Å². The Balaban J connectivity index is 0.000000588. The Morgan fingerprint density at radius 1 is 1.03 bits per heavy atom. The number of fused-ring (bicyclic) bond motifs is 5. The summed E-state index contributed by atoms with van der Waals surface area (Å²) in [5.41, 5.74) is 0.387. The van der Waals surface area contributed by atoms with Gasteiger partial charge in [0.25, 0.3) is 0 Å². The summed E-state index contributed by atoms with van der Waals surface area (Å²) in [7, 11) is 20.1. The molecule has 194 valence electrons. The van der Waals surface area contributed by atoms with E-state index in [1.807, 2.05) is 0 Å². The summed E-state index contributed by atoms with van der Waals surface area (Å²) in [6, 6.07) is 0. The van der Waals surface area contributed by atoms with Gasteiger partial charge in [0.1, 0.15) is 6.29 Å². The number of hydrogen-bond acceptors (Lipinski definition) is 1. The van der Waals surface area contributed by atoms with Crippen molar-refractivity contribution in [2.45, 2.75) is 98.8 Å². The van der Waals surface area contributed by atoms with E-state index >= 15 is 0 Å². The zero-order valence-corrected chi connectivity index (χ0v) is 26.1. The Labute approximate surface area is 224 Å². The molecule has 1 nitrogen and oxygen atoms in total. The van der Waals surface area contributed by atoms with Gasteiger partial charge in [0.15, 0.2) is 0 Å². The van der Waals surface area contributed by atoms with Gasteiger partial charge < -0.3 is 11.7 Å². The molecule has 0 spiro atoms. The van der Waals surface area contributed by atoms with Crippen LogP contribution in [0.1, 0.15) is 100 Å². The average Bonchev–Trinajstić information content (AvgIpc) is 3.29. The zero-order chi connectivity index (χ0) is 25.5. The van der Waals surface area contributed by atoms with Crippen LogP contribution in [0.5, 0.6) is 0 Å². The number of hydrogen-bond donors (Lipinski definition) is 0. The maximum atomic E-state index is 12.5. The van der Waals surface area contributed by atoms with Crippen molar-refractivity contribution in [1.29, 1.82) is 0 Å². The molecule has 0 N–H and O–H groups in total. The fourth-order valence-electron chi connectivity index (χ4n) is 9.33. The fraction of sp³-hybridized carbons (Fsp3) is 0.926. The molecule has 6 heteroatoms. The Morgan fingerprint density at radius 2 is 1.70 bits per heavy atom. The molecular formula is C27H45Cl4MoO-. The van der Waals surface area contributed by atoms with E-state index < -0.39 is 11.9 Å². The molecule has 4 aliphatic carbocycles. The van der Waals surface area contributed by atoms with Gasteiger partial charge in [-0.2, -0.15) is 5.92 Å². The van der Waals surface area contributed by atoms with E-state index in [0.717, 1.165) is 48.9 Å². The predicted octanol–water partition coefficient (Wildman–Crippen LogP) is 10.1. The van der Waals surface area contributed by atoms with Crippen LogP contribution in [0.3, 0.4) is 0 Å². The Bertz CT molecular complexity index is 711. The molecule has 0 aliphatic heterocycles. The molecule has 9 atom stereocenters. The summed E-state index contributed by atoms with van der Waals surface area (Å²) in [5.74, 6) is 4.97. The van der Waals surface area contributed by atoms with Crippen LogP contribution in [0.2, 0.25) is 0 Å². The number of rotatable bonds is 7. The van der Waals surface area contributed by atoms with Gasteiger partial charge in [0.05, 0.1) is 0 Å². The summed E-state index contributed by atoms with van der Waals surface area (Å²) < 4.78 is 8.01. The molecule has 0 aromatic rings. The van der Waals surface area contributed by atoms with Gasteiger partial charge in [-0.25, -0.2) is 1.37 Å². The molecule has 0 amide bonds. The van der Waals surface area contributed by atoms with Crippen LogP contribution >= 0.6 is 37.7 Å². The predicted molar refractivity (Wildman–Crippen MR) is 141 cm³/mol. The van der Waals surface area contributed by atoms with E-state index in [9.17, 15) is 4.79 Å². The molecule has 0 aromatic carbocycles. The van der Waals surface area contributed by atoms with Crippen molar-refractivity contribution in [2.75, 3.05) is 0 Å². The molecule has 4 rings (SSSR count). The molecule has 4 fully saturated rings. The first-order valence-corrected chi connectivity index (χ1v) is 23.4. The SMILES string of the molecule is [2H][CH-][C@H]1CC[C@]2(C)[C@H]3CC[C@]4(C)[C@@H]([C@H](C)CCCC(C)C)CC[C@H]4[C@@H]3C[C@]12C=O.[Cl][Mo]([Cl])([Cl])[Cl]. The van der Waals surface area contributed by atoms with E-state index in [1.54, 1.807) is 6.90 Å². The van der Waals surface area contributed by atoms with Crippen LogP contribution < -0.4 is 0 Å². The van der Waals surface area contributed by atoms with Crippen molar-refractivity contribution >= 4 is 44.0 Å². The Morgan fingerprint density at radius 3 is 2.27 bits per heavy atom. The molecule has 0 radical (unpaired) electrons. The maximum absolute atomic E-state index is 12.5. The van der Waals surface area contributed by atoms with Gasteiger partial charge in [-0.15, -0.1) is 0 Å². The van der Waals surface area contributed by atoms with E-state index in [4.69, 9.17) is 39.0 Å². The second-order valence-electron chi connectivity index (χ2n) is 12.7. The van der Waals surface area contributed by atoms with Gasteiger partial charge in [0, 0.05) is 5.41 Å². The number of carbonyl (C=O) groups excluding carboxylic acids is 1. The molecule has 33 heavy (non-hydrogen) atoms. The Kier molecular flexibility index (Phi) is 8.94. The molecule has 0 saturated heterocycles. The minimum absolute atomic E-state index is 0.143. The summed E-state index contributed by atoms with van der Waals surface area (Å²) in [6.45, 7) is 13.9. The van der Waals surface area contributed by atoms with Crippen LogP contribution in [-0.4, -0.2) is 6.29 Å². The third kappa shape index (κ3) is 5.54. The molecule has 0 unspecified atom stereocenters. The van der Waals surface area contributed by atoms with E-state index in [-0.39, 0.29) is 16.7 Å². The first-order valence-electron chi connectivity index (χ1n) is 13.6. The van der Waals surface area contributed by atoms with Crippen LogP contribution in [-0.2, 0) is 16.7 Å². The van der Waals surface area contributed by atoms with Crippen LogP contribution in [0, 0.1) is 64.6 Å². The quantitative estimate of drug-likeness (QED) is 0.157. The summed E-state index contributed by atoms with van der Waals surface area (Å²) >= 11 is -3.13. The normalized spacial score (nSPS) is 46.0. The summed E-state index contributed by atoms with van der Waals surface area (Å²) in [4.78, 5) is 12.5. The second kappa shape index (κ2) is 10.7. The van der Waals surface area contributed by atoms with Crippen molar-refractivity contribution < 1.29 is 18.1 Å². The number of carbonyl (C=O) groups is 1. The van der Waals surface area contributed by atoms with Gasteiger partial charge >= 0.3 is 49.6 Å².